The summed E-state index contributed by atoms with van der Waals surface area (Å²) in [6.07, 6.45) is 0. The van der Waals surface area contributed by atoms with Crippen LogP contribution in [0.2, 0.25) is 5.02 Å². The van der Waals surface area contributed by atoms with Gasteiger partial charge in [-0.1, -0.05) is 11.6 Å². The van der Waals surface area contributed by atoms with Gasteiger partial charge in [0.05, 0.1) is 0 Å². The molecule has 0 spiro atoms. The van der Waals surface area contributed by atoms with Gasteiger partial charge in [0.25, 0.3) is 0 Å². The summed E-state index contributed by atoms with van der Waals surface area (Å²) < 4.78 is 6.58. The smallest absolute Gasteiger partial charge is 0.350 e. The third-order valence-corrected chi connectivity index (χ3v) is 5.12. The zero-order valence-corrected chi connectivity index (χ0v) is 11.8. The first-order valence-corrected chi connectivity index (χ1v) is 6.20. The zero-order valence-electron chi connectivity index (χ0n) is 6.68. The summed E-state index contributed by atoms with van der Waals surface area (Å²) >= 11 is 9.95. The van der Waals surface area contributed by atoms with Crippen LogP contribution in [0.15, 0.2) is 27.4 Å². The van der Waals surface area contributed by atoms with E-state index in [1.165, 1.54) is 0 Å². The summed E-state index contributed by atoms with van der Waals surface area (Å²) in [5.74, 6) is 0. The Morgan fingerprint density at radius 1 is 1.21 bits per heavy atom. The Morgan fingerprint density at radius 3 is 2.64 bits per heavy atom. The maximum Gasteiger partial charge on any atom is 0.350 e. The summed E-state index contributed by atoms with van der Waals surface area (Å²) in [6.45, 7) is 0. The minimum Gasteiger partial charge on any atom is -0.422 e. The number of halogens is 3. The van der Waals surface area contributed by atoms with Crippen molar-refractivity contribution in [1.82, 2.24) is 0 Å². The molecular weight excluding hydrogens is 429 g/mol. The molecule has 0 saturated carbocycles. The molecule has 5 heteroatoms. The molecule has 0 amide bonds. The van der Waals surface area contributed by atoms with Gasteiger partial charge in [-0.25, -0.2) is 4.79 Å². The molecule has 0 radical (unpaired) electrons. The van der Waals surface area contributed by atoms with Crippen molar-refractivity contribution in [3.8, 4) is 0 Å². The molecule has 0 saturated heterocycles. The molecule has 72 valence electrons. The van der Waals surface area contributed by atoms with Crippen LogP contribution in [0.4, 0.5) is 0 Å². The van der Waals surface area contributed by atoms with Gasteiger partial charge in [0.15, 0.2) is 0 Å². The largest absolute Gasteiger partial charge is 0.422 e. The summed E-state index contributed by atoms with van der Waals surface area (Å²) in [6, 6.07) is 5.21. The van der Waals surface area contributed by atoms with Crippen molar-refractivity contribution < 1.29 is 4.42 Å². The Kier molecular flexibility index (Phi) is 3.03. The standard InChI is InChI=1S/C9H3ClI2O2/c10-4-1-2-6-5(3-4)7(11)8(12)9(13)14-6/h1-3H. The van der Waals surface area contributed by atoms with Crippen LogP contribution in [0, 0.1) is 7.14 Å². The van der Waals surface area contributed by atoms with Gasteiger partial charge in [0.1, 0.15) is 9.15 Å². The molecule has 0 aliphatic carbocycles. The Balaban J connectivity index is 2.99. The highest BCUT2D eigenvalue weighted by Crippen LogP contribution is 2.25. The molecule has 0 bridgehead atoms. The van der Waals surface area contributed by atoms with Gasteiger partial charge in [0, 0.05) is 14.0 Å². The van der Waals surface area contributed by atoms with E-state index < -0.39 is 0 Å². The molecule has 0 fully saturated rings. The molecule has 2 aromatic rings. The molecule has 0 aliphatic rings. The Morgan fingerprint density at radius 2 is 1.93 bits per heavy atom. The van der Waals surface area contributed by atoms with Crippen LogP contribution in [0.1, 0.15) is 0 Å². The van der Waals surface area contributed by atoms with E-state index in [1.54, 1.807) is 18.2 Å². The minimum atomic E-state index is -0.301. The summed E-state index contributed by atoms with van der Waals surface area (Å²) in [4.78, 5) is 11.3. The van der Waals surface area contributed by atoms with Crippen LogP contribution in [0.25, 0.3) is 11.0 Å². The van der Waals surface area contributed by atoms with E-state index in [0.29, 0.717) is 14.2 Å². The van der Waals surface area contributed by atoms with Crippen molar-refractivity contribution in [2.75, 3.05) is 0 Å². The lowest BCUT2D eigenvalue weighted by molar-refractivity contribution is 0.555. The van der Waals surface area contributed by atoms with Crippen molar-refractivity contribution in [2.45, 2.75) is 0 Å². The monoisotopic (exact) mass is 432 g/mol. The maximum atomic E-state index is 11.3. The maximum absolute atomic E-state index is 11.3. The highest BCUT2D eigenvalue weighted by atomic mass is 127. The molecule has 0 unspecified atom stereocenters. The van der Waals surface area contributed by atoms with Crippen molar-refractivity contribution in [3.05, 3.63) is 40.8 Å². The van der Waals surface area contributed by atoms with Gasteiger partial charge >= 0.3 is 5.63 Å². The number of fused-ring (bicyclic) bond motifs is 1. The Labute approximate surface area is 112 Å². The lowest BCUT2D eigenvalue weighted by atomic mass is 10.2. The first kappa shape index (κ1) is 10.7. The summed E-state index contributed by atoms with van der Waals surface area (Å²) in [7, 11) is 0. The van der Waals surface area contributed by atoms with Crippen LogP contribution in [-0.2, 0) is 0 Å². The second-order valence-corrected chi connectivity index (χ2v) is 5.25. The van der Waals surface area contributed by atoms with E-state index >= 15 is 0 Å². The van der Waals surface area contributed by atoms with Crippen LogP contribution >= 0.6 is 56.8 Å². The molecule has 2 rings (SSSR count). The third-order valence-electron chi connectivity index (χ3n) is 1.75. The SMILES string of the molecule is O=c1oc2ccc(Cl)cc2c(I)c1I. The molecule has 1 heterocycles. The van der Waals surface area contributed by atoms with E-state index in [9.17, 15) is 4.79 Å². The third kappa shape index (κ3) is 1.79. The second kappa shape index (κ2) is 3.97. The van der Waals surface area contributed by atoms with Crippen LogP contribution < -0.4 is 5.63 Å². The molecule has 2 nitrogen and oxygen atoms in total. The number of benzene rings is 1. The van der Waals surface area contributed by atoms with E-state index in [2.05, 4.69) is 22.6 Å². The van der Waals surface area contributed by atoms with E-state index in [0.717, 1.165) is 8.96 Å². The van der Waals surface area contributed by atoms with E-state index in [-0.39, 0.29) is 5.63 Å². The predicted molar refractivity (Wildman–Crippen MR) is 72.9 cm³/mol. The fourth-order valence-corrected chi connectivity index (χ4v) is 2.33. The van der Waals surface area contributed by atoms with Gasteiger partial charge in [-0.05, 0) is 63.4 Å². The molecule has 14 heavy (non-hydrogen) atoms. The van der Waals surface area contributed by atoms with E-state index in [4.69, 9.17) is 16.0 Å². The predicted octanol–water partition coefficient (Wildman–Crippen LogP) is 3.66. The van der Waals surface area contributed by atoms with Crippen molar-refractivity contribution in [3.63, 3.8) is 0 Å². The quantitative estimate of drug-likeness (QED) is 0.470. The fraction of sp³-hybridized carbons (Fsp3) is 0. The lowest BCUT2D eigenvalue weighted by Crippen LogP contribution is -2.05. The fourth-order valence-electron chi connectivity index (χ4n) is 1.12. The van der Waals surface area contributed by atoms with E-state index in [1.807, 2.05) is 22.6 Å². The van der Waals surface area contributed by atoms with Crippen LogP contribution in [0.3, 0.4) is 0 Å². The van der Waals surface area contributed by atoms with Gasteiger partial charge in [-0.15, -0.1) is 0 Å². The highest BCUT2D eigenvalue weighted by Gasteiger charge is 2.09. The highest BCUT2D eigenvalue weighted by molar-refractivity contribution is 14.1. The van der Waals surface area contributed by atoms with Crippen LogP contribution in [0.5, 0.6) is 0 Å². The first-order chi connectivity index (χ1) is 6.59. The Bertz CT molecular complexity index is 562. The van der Waals surface area contributed by atoms with Crippen LogP contribution in [-0.4, -0.2) is 0 Å². The summed E-state index contributed by atoms with van der Waals surface area (Å²) in [5, 5.41) is 1.52. The average molecular weight is 432 g/mol. The normalized spacial score (nSPS) is 10.8. The first-order valence-electron chi connectivity index (χ1n) is 3.67. The molecule has 1 aromatic carbocycles. The number of hydrogen-bond acceptors (Lipinski definition) is 2. The number of rotatable bonds is 0. The summed E-state index contributed by atoms with van der Waals surface area (Å²) in [5.41, 5.74) is 0.272. The lowest BCUT2D eigenvalue weighted by Gasteiger charge is -2.01. The van der Waals surface area contributed by atoms with Crippen molar-refractivity contribution in [1.29, 1.82) is 0 Å². The molecule has 1 aromatic heterocycles. The minimum absolute atomic E-state index is 0.301. The van der Waals surface area contributed by atoms with Gasteiger partial charge < -0.3 is 4.42 Å². The number of hydrogen-bond donors (Lipinski definition) is 0. The molecule has 0 N–H and O–H groups in total. The topological polar surface area (TPSA) is 30.2 Å². The average Bonchev–Trinajstić information content (AvgIpc) is 2.16. The van der Waals surface area contributed by atoms with Gasteiger partial charge in [-0.3, -0.25) is 0 Å². The van der Waals surface area contributed by atoms with Crippen molar-refractivity contribution >= 4 is 67.8 Å². The molecule has 0 aliphatic heterocycles. The Hall–Kier alpha value is 0.180. The van der Waals surface area contributed by atoms with Gasteiger partial charge in [0.2, 0.25) is 0 Å². The molecule has 0 atom stereocenters. The van der Waals surface area contributed by atoms with Crippen molar-refractivity contribution in [2.24, 2.45) is 0 Å². The van der Waals surface area contributed by atoms with Gasteiger partial charge in [-0.2, -0.15) is 0 Å². The zero-order chi connectivity index (χ0) is 10.3. The molecular formula is C9H3ClI2O2. The second-order valence-electron chi connectivity index (χ2n) is 2.66.